The molecule has 7 nitrogen and oxygen atoms in total. The number of hydrogen-bond acceptors (Lipinski definition) is 4. The maximum atomic E-state index is 12.6. The van der Waals surface area contributed by atoms with Crippen LogP contribution >= 0.6 is 0 Å². The Morgan fingerprint density at radius 3 is 2.75 bits per heavy atom. The number of methoxy groups -OCH3 is 2. The van der Waals surface area contributed by atoms with Gasteiger partial charge in [0.15, 0.2) is 0 Å². The number of rotatable bonds is 4. The second kappa shape index (κ2) is 6.22. The van der Waals surface area contributed by atoms with Crippen LogP contribution in [0.2, 0.25) is 0 Å². The van der Waals surface area contributed by atoms with Crippen molar-refractivity contribution < 1.29 is 24.2 Å². The first-order valence-electron chi connectivity index (χ1n) is 8.01. The summed E-state index contributed by atoms with van der Waals surface area (Å²) in [6, 6.07) is 4.83. The van der Waals surface area contributed by atoms with E-state index in [1.165, 1.54) is 7.11 Å². The molecule has 1 saturated carbocycles. The van der Waals surface area contributed by atoms with Crippen molar-refractivity contribution in [2.45, 2.75) is 19.3 Å². The van der Waals surface area contributed by atoms with Gasteiger partial charge in [0.25, 0.3) is 0 Å². The number of aliphatic carboxylic acids is 1. The number of hydrogen-bond donors (Lipinski definition) is 2. The van der Waals surface area contributed by atoms with Gasteiger partial charge >= 0.3 is 12.0 Å². The molecule has 130 valence electrons. The van der Waals surface area contributed by atoms with Gasteiger partial charge in [0.2, 0.25) is 0 Å². The van der Waals surface area contributed by atoms with Gasteiger partial charge in [0, 0.05) is 19.2 Å². The van der Waals surface area contributed by atoms with Crippen molar-refractivity contribution in [3.63, 3.8) is 0 Å². The summed E-state index contributed by atoms with van der Waals surface area (Å²) in [7, 11) is 3.07. The molecule has 2 N–H and O–H groups in total. The first-order valence-corrected chi connectivity index (χ1v) is 8.01. The van der Waals surface area contributed by atoms with Crippen LogP contribution in [-0.2, 0) is 4.79 Å². The number of nitrogens with one attached hydrogen (secondary N) is 1. The minimum Gasteiger partial charge on any atom is -0.497 e. The Labute approximate surface area is 140 Å². The molecule has 1 aliphatic carbocycles. The standard InChI is InChI=1S/C17H22N2O5/c1-23-12-5-6-14(24-2)13(8-12)18-16(22)19-9-11-4-3-7-17(11,10-19)15(20)21/h5-6,8,11H,3-4,7,9-10H2,1-2H3,(H,18,22)(H,20,21)/t11-,17+/m0/s1. The van der Waals surface area contributed by atoms with Crippen LogP contribution in [0.4, 0.5) is 10.5 Å². The number of likely N-dealkylation sites (tertiary alicyclic amines) is 1. The van der Waals surface area contributed by atoms with Gasteiger partial charge in [-0.3, -0.25) is 4.79 Å². The minimum absolute atomic E-state index is 0.0351. The summed E-state index contributed by atoms with van der Waals surface area (Å²) in [5.41, 5.74) is -0.279. The maximum absolute atomic E-state index is 12.6. The van der Waals surface area contributed by atoms with Gasteiger partial charge < -0.3 is 24.8 Å². The lowest BCUT2D eigenvalue weighted by molar-refractivity contribution is -0.149. The quantitative estimate of drug-likeness (QED) is 0.883. The van der Waals surface area contributed by atoms with E-state index < -0.39 is 11.4 Å². The van der Waals surface area contributed by atoms with Gasteiger partial charge in [0.05, 0.1) is 25.3 Å². The molecule has 2 amide bonds. The highest BCUT2D eigenvalue weighted by atomic mass is 16.5. The van der Waals surface area contributed by atoms with E-state index in [0.717, 1.165) is 12.8 Å². The topological polar surface area (TPSA) is 88.1 Å². The largest absolute Gasteiger partial charge is 0.497 e. The zero-order chi connectivity index (χ0) is 17.3. The second-order valence-electron chi connectivity index (χ2n) is 6.43. The molecule has 1 aromatic rings. The smallest absolute Gasteiger partial charge is 0.321 e. The highest BCUT2D eigenvalue weighted by Gasteiger charge is 2.55. The second-order valence-corrected chi connectivity index (χ2v) is 6.43. The van der Waals surface area contributed by atoms with Crippen LogP contribution in [0.3, 0.4) is 0 Å². The summed E-state index contributed by atoms with van der Waals surface area (Å²) in [5.74, 6) is 0.370. The van der Waals surface area contributed by atoms with Crippen LogP contribution in [0, 0.1) is 11.3 Å². The fraction of sp³-hybridized carbons (Fsp3) is 0.529. The number of urea groups is 1. The lowest BCUT2D eigenvalue weighted by Crippen LogP contribution is -2.38. The molecular weight excluding hydrogens is 312 g/mol. The Morgan fingerprint density at radius 1 is 1.33 bits per heavy atom. The number of fused-ring (bicyclic) bond motifs is 1. The predicted octanol–water partition coefficient (Wildman–Crippen LogP) is 2.42. The van der Waals surface area contributed by atoms with Gasteiger partial charge in [-0.15, -0.1) is 0 Å². The molecular formula is C17H22N2O5. The molecule has 2 fully saturated rings. The number of carbonyl (C=O) groups is 2. The van der Waals surface area contributed by atoms with Crippen LogP contribution in [0.1, 0.15) is 19.3 Å². The Bertz CT molecular complexity index is 662. The Hall–Kier alpha value is -2.44. The Kier molecular flexibility index (Phi) is 4.26. The maximum Gasteiger partial charge on any atom is 0.321 e. The van der Waals surface area contributed by atoms with Gasteiger partial charge in [-0.2, -0.15) is 0 Å². The van der Waals surface area contributed by atoms with Gasteiger partial charge in [-0.25, -0.2) is 4.79 Å². The van der Waals surface area contributed by atoms with Crippen molar-refractivity contribution in [1.29, 1.82) is 0 Å². The third-order valence-corrected chi connectivity index (χ3v) is 5.23. The van der Waals surface area contributed by atoms with Gasteiger partial charge in [0.1, 0.15) is 11.5 Å². The summed E-state index contributed by atoms with van der Waals surface area (Å²) in [6.45, 7) is 0.732. The van der Waals surface area contributed by atoms with E-state index in [9.17, 15) is 14.7 Å². The number of carbonyl (C=O) groups excluding carboxylic acids is 1. The number of ether oxygens (including phenoxy) is 2. The number of amides is 2. The molecule has 0 spiro atoms. The monoisotopic (exact) mass is 334 g/mol. The van der Waals surface area contributed by atoms with E-state index in [1.54, 1.807) is 30.2 Å². The molecule has 1 aliphatic heterocycles. The summed E-state index contributed by atoms with van der Waals surface area (Å²) >= 11 is 0. The van der Waals surface area contributed by atoms with Crippen LogP contribution in [0.5, 0.6) is 11.5 Å². The molecule has 7 heteroatoms. The SMILES string of the molecule is COc1ccc(OC)c(NC(=O)N2C[C@@H]3CCC[C@@]3(C(=O)O)C2)c1. The molecule has 0 aromatic heterocycles. The van der Waals surface area contributed by atoms with Crippen LogP contribution < -0.4 is 14.8 Å². The summed E-state index contributed by atoms with van der Waals surface area (Å²) < 4.78 is 10.4. The van der Waals surface area contributed by atoms with E-state index >= 15 is 0 Å². The normalized spacial score (nSPS) is 25.2. The van der Waals surface area contributed by atoms with Crippen molar-refractivity contribution in [2.24, 2.45) is 11.3 Å². The molecule has 2 aliphatic rings. The first kappa shape index (κ1) is 16.4. The number of nitrogens with zero attached hydrogens (tertiary/aromatic N) is 1. The summed E-state index contributed by atoms with van der Waals surface area (Å²) in [6.07, 6.45) is 2.41. The highest BCUT2D eigenvalue weighted by molar-refractivity contribution is 5.92. The van der Waals surface area contributed by atoms with E-state index in [2.05, 4.69) is 5.32 Å². The summed E-state index contributed by atoms with van der Waals surface area (Å²) in [4.78, 5) is 25.9. The van der Waals surface area contributed by atoms with Gasteiger partial charge in [-0.1, -0.05) is 6.42 Å². The fourth-order valence-corrected chi connectivity index (χ4v) is 3.90. The molecule has 2 atom stereocenters. The fourth-order valence-electron chi connectivity index (χ4n) is 3.90. The van der Waals surface area contributed by atoms with E-state index in [4.69, 9.17) is 9.47 Å². The third kappa shape index (κ3) is 2.64. The van der Waals surface area contributed by atoms with Crippen molar-refractivity contribution in [2.75, 3.05) is 32.6 Å². The number of benzene rings is 1. The van der Waals surface area contributed by atoms with Crippen molar-refractivity contribution in [3.05, 3.63) is 18.2 Å². The summed E-state index contributed by atoms with van der Waals surface area (Å²) in [5, 5.41) is 12.4. The Balaban J connectivity index is 1.76. The molecule has 1 heterocycles. The van der Waals surface area contributed by atoms with E-state index in [0.29, 0.717) is 30.2 Å². The first-order chi connectivity index (χ1) is 11.5. The number of anilines is 1. The van der Waals surface area contributed by atoms with Crippen LogP contribution in [0.25, 0.3) is 0 Å². The molecule has 0 radical (unpaired) electrons. The lowest BCUT2D eigenvalue weighted by Gasteiger charge is -2.23. The van der Waals surface area contributed by atoms with Crippen molar-refractivity contribution >= 4 is 17.7 Å². The zero-order valence-corrected chi connectivity index (χ0v) is 13.9. The van der Waals surface area contributed by atoms with Crippen LogP contribution in [-0.4, -0.2) is 49.3 Å². The van der Waals surface area contributed by atoms with E-state index in [-0.39, 0.29) is 18.5 Å². The third-order valence-electron chi connectivity index (χ3n) is 5.23. The van der Waals surface area contributed by atoms with Crippen LogP contribution in [0.15, 0.2) is 18.2 Å². The number of carboxylic acid groups (broad SMARTS) is 1. The lowest BCUT2D eigenvalue weighted by atomic mass is 9.81. The van der Waals surface area contributed by atoms with E-state index in [1.807, 2.05) is 0 Å². The molecule has 1 aromatic carbocycles. The average Bonchev–Trinajstić information content (AvgIpc) is 3.13. The van der Waals surface area contributed by atoms with Crippen molar-refractivity contribution in [3.8, 4) is 11.5 Å². The molecule has 1 saturated heterocycles. The molecule has 0 unspecified atom stereocenters. The number of carboxylic acids is 1. The predicted molar refractivity (Wildman–Crippen MR) is 87.5 cm³/mol. The minimum atomic E-state index is -0.792. The van der Waals surface area contributed by atoms with Crippen molar-refractivity contribution in [1.82, 2.24) is 4.90 Å². The molecule has 3 rings (SSSR count). The zero-order valence-electron chi connectivity index (χ0n) is 13.9. The highest BCUT2D eigenvalue weighted by Crippen LogP contribution is 2.49. The molecule has 0 bridgehead atoms. The Morgan fingerprint density at radius 2 is 2.12 bits per heavy atom. The average molecular weight is 334 g/mol. The van der Waals surface area contributed by atoms with Gasteiger partial charge in [-0.05, 0) is 30.9 Å². The molecule has 24 heavy (non-hydrogen) atoms.